The van der Waals surface area contributed by atoms with E-state index in [0.717, 1.165) is 68.0 Å². The number of benzene rings is 2. The van der Waals surface area contributed by atoms with Crippen molar-refractivity contribution < 1.29 is 4.79 Å². The zero-order chi connectivity index (χ0) is 20.5. The largest absolute Gasteiger partial charge is 0.368 e. The molecule has 156 valence electrons. The van der Waals surface area contributed by atoms with E-state index in [1.54, 1.807) is 0 Å². The van der Waals surface area contributed by atoms with E-state index in [1.165, 1.54) is 12.1 Å². The van der Waals surface area contributed by atoms with Crippen LogP contribution in [0.4, 0.5) is 5.69 Å². The van der Waals surface area contributed by atoms with Gasteiger partial charge in [-0.1, -0.05) is 30.7 Å². The third-order valence-corrected chi connectivity index (χ3v) is 6.46. The van der Waals surface area contributed by atoms with Gasteiger partial charge in [-0.25, -0.2) is 4.98 Å². The van der Waals surface area contributed by atoms with Crippen LogP contribution < -0.4 is 10.2 Å². The van der Waals surface area contributed by atoms with Crippen molar-refractivity contribution in [3.8, 4) is 11.4 Å². The van der Waals surface area contributed by atoms with E-state index in [1.807, 2.05) is 17.0 Å². The van der Waals surface area contributed by atoms with Crippen LogP contribution in [-0.2, 0) is 11.8 Å². The fourth-order valence-electron chi connectivity index (χ4n) is 4.71. The van der Waals surface area contributed by atoms with Crippen LogP contribution in [0.3, 0.4) is 0 Å². The Balaban J connectivity index is 1.30. The number of amides is 1. The van der Waals surface area contributed by atoms with Gasteiger partial charge in [0.15, 0.2) is 0 Å². The van der Waals surface area contributed by atoms with Gasteiger partial charge in [-0.2, -0.15) is 0 Å². The number of hydrogen-bond donors (Lipinski definition) is 1. The van der Waals surface area contributed by atoms with E-state index in [-0.39, 0.29) is 11.9 Å². The molecule has 6 heteroatoms. The molecule has 5 rings (SSSR count). The number of imidazole rings is 1. The van der Waals surface area contributed by atoms with E-state index in [2.05, 4.69) is 58.2 Å². The normalized spacial score (nSPS) is 20.0. The Morgan fingerprint density at radius 2 is 1.87 bits per heavy atom. The van der Waals surface area contributed by atoms with E-state index >= 15 is 0 Å². The van der Waals surface area contributed by atoms with Crippen molar-refractivity contribution in [2.45, 2.75) is 25.3 Å². The number of hydrogen-bond acceptors (Lipinski definition) is 4. The van der Waals surface area contributed by atoms with E-state index < -0.39 is 0 Å². The fraction of sp³-hybridized carbons (Fsp3) is 0.417. The zero-order valence-electron chi connectivity index (χ0n) is 17.6. The van der Waals surface area contributed by atoms with Crippen molar-refractivity contribution in [2.24, 2.45) is 7.05 Å². The van der Waals surface area contributed by atoms with E-state index in [9.17, 15) is 4.79 Å². The summed E-state index contributed by atoms with van der Waals surface area (Å²) in [7, 11) is 2.07. The van der Waals surface area contributed by atoms with E-state index in [0.29, 0.717) is 0 Å². The molecule has 0 aliphatic carbocycles. The van der Waals surface area contributed by atoms with Crippen LogP contribution >= 0.6 is 0 Å². The maximum Gasteiger partial charge on any atom is 0.239 e. The Kier molecular flexibility index (Phi) is 5.17. The first kappa shape index (κ1) is 19.1. The van der Waals surface area contributed by atoms with Crippen LogP contribution in [0, 0.1) is 0 Å². The highest BCUT2D eigenvalue weighted by Gasteiger charge is 2.28. The molecule has 2 aromatic carbocycles. The molecule has 1 N–H and O–H groups in total. The van der Waals surface area contributed by atoms with Crippen molar-refractivity contribution in [1.82, 2.24) is 19.8 Å². The van der Waals surface area contributed by atoms with Crippen molar-refractivity contribution >= 4 is 22.6 Å². The topological polar surface area (TPSA) is 53.4 Å². The molecule has 2 saturated heterocycles. The number of nitrogens with zero attached hydrogens (tertiary/aromatic N) is 4. The number of anilines is 1. The number of carbonyl (C=O) groups excluding carboxylic acids is 1. The van der Waals surface area contributed by atoms with Gasteiger partial charge in [-0.05, 0) is 43.7 Å². The number of rotatable bonds is 3. The Hall–Kier alpha value is -2.86. The number of piperazine rings is 1. The summed E-state index contributed by atoms with van der Waals surface area (Å²) in [5.41, 5.74) is 4.48. The fourth-order valence-corrected chi connectivity index (χ4v) is 4.71. The lowest BCUT2D eigenvalue weighted by molar-refractivity contribution is -0.134. The molecule has 0 saturated carbocycles. The molecule has 2 fully saturated rings. The predicted octanol–water partition coefficient (Wildman–Crippen LogP) is 3.03. The van der Waals surface area contributed by atoms with Gasteiger partial charge in [0.25, 0.3) is 0 Å². The van der Waals surface area contributed by atoms with Crippen molar-refractivity contribution in [3.05, 3.63) is 48.5 Å². The van der Waals surface area contributed by atoms with E-state index in [4.69, 9.17) is 4.98 Å². The van der Waals surface area contributed by atoms with Gasteiger partial charge in [0.1, 0.15) is 5.82 Å². The average molecular weight is 404 g/mol. The molecule has 3 heterocycles. The summed E-state index contributed by atoms with van der Waals surface area (Å²) in [4.78, 5) is 22.0. The lowest BCUT2D eigenvalue weighted by Crippen LogP contribution is -2.55. The quantitative estimate of drug-likeness (QED) is 0.730. The maximum absolute atomic E-state index is 12.8. The summed E-state index contributed by atoms with van der Waals surface area (Å²) in [6.07, 6.45) is 3.30. The molecule has 0 unspecified atom stereocenters. The molecule has 1 atom stereocenters. The second-order valence-corrected chi connectivity index (χ2v) is 8.35. The number of fused-ring (bicyclic) bond motifs is 1. The molecular weight excluding hydrogens is 374 g/mol. The highest BCUT2D eigenvalue weighted by molar-refractivity contribution is 5.83. The van der Waals surface area contributed by atoms with Crippen LogP contribution in [0.15, 0.2) is 48.5 Å². The minimum atomic E-state index is 0.0196. The van der Waals surface area contributed by atoms with Gasteiger partial charge in [-0.15, -0.1) is 0 Å². The predicted molar refractivity (Wildman–Crippen MR) is 121 cm³/mol. The Morgan fingerprint density at radius 1 is 1.03 bits per heavy atom. The van der Waals surface area contributed by atoms with Crippen molar-refractivity contribution in [1.29, 1.82) is 0 Å². The first-order chi connectivity index (χ1) is 14.7. The van der Waals surface area contributed by atoms with Gasteiger partial charge >= 0.3 is 0 Å². The smallest absolute Gasteiger partial charge is 0.239 e. The Morgan fingerprint density at radius 3 is 2.63 bits per heavy atom. The van der Waals surface area contributed by atoms with Gasteiger partial charge in [-0.3, -0.25) is 4.79 Å². The molecule has 6 nitrogen and oxygen atoms in total. The van der Waals surface area contributed by atoms with Gasteiger partial charge < -0.3 is 19.7 Å². The van der Waals surface area contributed by atoms with Crippen LogP contribution in [0.5, 0.6) is 0 Å². The Bertz CT molecular complexity index is 1040. The first-order valence-corrected chi connectivity index (χ1v) is 11.0. The maximum atomic E-state index is 12.8. The van der Waals surface area contributed by atoms with Gasteiger partial charge in [0.05, 0.1) is 17.1 Å². The molecule has 0 radical (unpaired) electrons. The number of carbonyl (C=O) groups is 1. The minimum Gasteiger partial charge on any atom is -0.368 e. The summed E-state index contributed by atoms with van der Waals surface area (Å²) in [5, 5.41) is 3.39. The third-order valence-electron chi connectivity index (χ3n) is 6.46. The molecule has 1 aromatic heterocycles. The monoisotopic (exact) mass is 403 g/mol. The first-order valence-electron chi connectivity index (χ1n) is 11.0. The summed E-state index contributed by atoms with van der Waals surface area (Å²) in [5.74, 6) is 1.26. The second-order valence-electron chi connectivity index (χ2n) is 8.35. The SMILES string of the molecule is Cn1c(-c2cccc(N3CCN(C(=O)[C@@H]4CCCCN4)CC3)c2)nc2ccccc21. The zero-order valence-corrected chi connectivity index (χ0v) is 17.6. The molecule has 2 aliphatic rings. The summed E-state index contributed by atoms with van der Waals surface area (Å²) in [6, 6.07) is 16.9. The molecule has 0 bridgehead atoms. The highest BCUT2D eigenvalue weighted by Crippen LogP contribution is 2.27. The summed E-state index contributed by atoms with van der Waals surface area (Å²) < 4.78 is 2.15. The van der Waals surface area contributed by atoms with Crippen LogP contribution in [0.25, 0.3) is 22.4 Å². The highest BCUT2D eigenvalue weighted by atomic mass is 16.2. The van der Waals surface area contributed by atoms with Crippen LogP contribution in [0.1, 0.15) is 19.3 Å². The summed E-state index contributed by atoms with van der Waals surface area (Å²) >= 11 is 0. The van der Waals surface area contributed by atoms with Gasteiger partial charge in [0.2, 0.25) is 5.91 Å². The van der Waals surface area contributed by atoms with Crippen molar-refractivity contribution in [2.75, 3.05) is 37.6 Å². The molecular formula is C24H29N5O. The van der Waals surface area contributed by atoms with Gasteiger partial charge in [0, 0.05) is 44.5 Å². The number of nitrogens with one attached hydrogen (secondary N) is 1. The average Bonchev–Trinajstić information content (AvgIpc) is 3.16. The lowest BCUT2D eigenvalue weighted by Gasteiger charge is -2.38. The summed E-state index contributed by atoms with van der Waals surface area (Å²) in [6.45, 7) is 4.27. The Labute approximate surface area is 177 Å². The molecule has 1 amide bonds. The number of aryl methyl sites for hydroxylation is 1. The minimum absolute atomic E-state index is 0.0196. The number of piperidine rings is 1. The molecule has 0 spiro atoms. The third kappa shape index (κ3) is 3.56. The van der Waals surface area contributed by atoms with Crippen LogP contribution in [-0.4, -0.2) is 59.1 Å². The van der Waals surface area contributed by atoms with Crippen LogP contribution in [0.2, 0.25) is 0 Å². The second kappa shape index (κ2) is 8.11. The standard InChI is InChI=1S/C24H29N5O/c1-27-22-11-3-2-9-20(22)26-23(27)18-7-6-8-19(17-18)28-13-15-29(16-14-28)24(30)21-10-4-5-12-25-21/h2-3,6-9,11,17,21,25H,4-5,10,12-16H2,1H3/t21-/m0/s1. The number of aromatic nitrogens is 2. The van der Waals surface area contributed by atoms with Crippen molar-refractivity contribution in [3.63, 3.8) is 0 Å². The molecule has 30 heavy (non-hydrogen) atoms. The lowest BCUT2D eigenvalue weighted by atomic mass is 10.0. The molecule has 3 aromatic rings. The number of para-hydroxylation sites is 2. The molecule has 2 aliphatic heterocycles.